The molecule has 0 saturated carbocycles. The molecular formula is C19H17F3N4O. The fourth-order valence-electron chi connectivity index (χ4n) is 2.49. The summed E-state index contributed by atoms with van der Waals surface area (Å²) in [7, 11) is 0. The van der Waals surface area contributed by atoms with Gasteiger partial charge in [-0.25, -0.2) is 4.68 Å². The molecule has 0 aliphatic heterocycles. The van der Waals surface area contributed by atoms with Gasteiger partial charge in [-0.05, 0) is 54.8 Å². The standard InChI is InChI=1S/C19H17F3N4O/c1-12-6-7-16(8-13(12)2)26-11-17(24-25-26)18(27)23-10-14-4-3-5-15(9-14)19(20,21)22/h3-9,11H,10H2,1-2H3,(H,23,27). The second-order valence-electron chi connectivity index (χ2n) is 6.20. The number of amides is 1. The van der Waals surface area contributed by atoms with Crippen molar-refractivity contribution in [3.8, 4) is 5.69 Å². The van der Waals surface area contributed by atoms with Gasteiger partial charge in [0.1, 0.15) is 0 Å². The molecule has 1 aromatic heterocycles. The maximum atomic E-state index is 12.7. The van der Waals surface area contributed by atoms with Crippen molar-refractivity contribution in [1.82, 2.24) is 20.3 Å². The van der Waals surface area contributed by atoms with Crippen molar-refractivity contribution in [3.63, 3.8) is 0 Å². The molecule has 8 heteroatoms. The van der Waals surface area contributed by atoms with Crippen molar-refractivity contribution in [2.75, 3.05) is 0 Å². The topological polar surface area (TPSA) is 59.8 Å². The minimum atomic E-state index is -4.42. The maximum absolute atomic E-state index is 12.7. The molecule has 3 aromatic rings. The summed E-state index contributed by atoms with van der Waals surface area (Å²) < 4.78 is 39.7. The molecule has 0 fully saturated rings. The third-order valence-corrected chi connectivity index (χ3v) is 4.19. The van der Waals surface area contributed by atoms with Crippen LogP contribution in [0.15, 0.2) is 48.7 Å². The highest BCUT2D eigenvalue weighted by Crippen LogP contribution is 2.29. The largest absolute Gasteiger partial charge is 0.416 e. The van der Waals surface area contributed by atoms with Crippen molar-refractivity contribution in [3.05, 3.63) is 76.6 Å². The van der Waals surface area contributed by atoms with E-state index >= 15 is 0 Å². The molecule has 5 nitrogen and oxygen atoms in total. The second-order valence-corrected chi connectivity index (χ2v) is 6.20. The minimum Gasteiger partial charge on any atom is -0.347 e. The van der Waals surface area contributed by atoms with E-state index in [-0.39, 0.29) is 12.2 Å². The average molecular weight is 374 g/mol. The molecule has 0 unspecified atom stereocenters. The van der Waals surface area contributed by atoms with E-state index in [1.807, 2.05) is 32.0 Å². The first-order valence-electron chi connectivity index (χ1n) is 8.18. The number of nitrogens with one attached hydrogen (secondary N) is 1. The molecule has 1 heterocycles. The van der Waals surface area contributed by atoms with E-state index < -0.39 is 17.6 Å². The number of aryl methyl sites for hydroxylation is 2. The summed E-state index contributed by atoms with van der Waals surface area (Å²) in [5, 5.41) is 10.3. The Balaban J connectivity index is 1.69. The van der Waals surface area contributed by atoms with Crippen molar-refractivity contribution in [2.24, 2.45) is 0 Å². The predicted molar refractivity (Wildman–Crippen MR) is 93.4 cm³/mol. The van der Waals surface area contributed by atoms with Gasteiger partial charge in [0.15, 0.2) is 5.69 Å². The summed E-state index contributed by atoms with van der Waals surface area (Å²) in [4.78, 5) is 12.2. The lowest BCUT2D eigenvalue weighted by Crippen LogP contribution is -2.23. The third kappa shape index (κ3) is 4.33. The zero-order valence-corrected chi connectivity index (χ0v) is 14.7. The molecule has 1 N–H and O–H groups in total. The van der Waals surface area contributed by atoms with Crippen molar-refractivity contribution in [2.45, 2.75) is 26.6 Å². The highest BCUT2D eigenvalue weighted by molar-refractivity contribution is 5.91. The quantitative estimate of drug-likeness (QED) is 0.755. The van der Waals surface area contributed by atoms with Crippen LogP contribution >= 0.6 is 0 Å². The number of carbonyl (C=O) groups excluding carboxylic acids is 1. The van der Waals surface area contributed by atoms with Crippen LogP contribution in [0.5, 0.6) is 0 Å². The molecule has 0 spiro atoms. The van der Waals surface area contributed by atoms with Gasteiger partial charge >= 0.3 is 6.18 Å². The van der Waals surface area contributed by atoms with E-state index in [1.165, 1.54) is 23.0 Å². The summed E-state index contributed by atoms with van der Waals surface area (Å²) in [5.74, 6) is -0.512. The Kier molecular flexibility index (Phi) is 4.98. The number of benzene rings is 2. The van der Waals surface area contributed by atoms with Crippen LogP contribution in [0.4, 0.5) is 13.2 Å². The van der Waals surface area contributed by atoms with Gasteiger partial charge in [-0.15, -0.1) is 5.10 Å². The molecule has 0 atom stereocenters. The Bertz CT molecular complexity index is 979. The van der Waals surface area contributed by atoms with E-state index in [1.54, 1.807) is 0 Å². The number of hydrogen-bond donors (Lipinski definition) is 1. The summed E-state index contributed by atoms with van der Waals surface area (Å²) in [5.41, 5.74) is 2.66. The highest BCUT2D eigenvalue weighted by atomic mass is 19.4. The van der Waals surface area contributed by atoms with Gasteiger partial charge in [0.2, 0.25) is 0 Å². The molecule has 2 aromatic carbocycles. The first kappa shape index (κ1) is 18.6. The molecule has 0 aliphatic rings. The molecule has 0 saturated heterocycles. The van der Waals surface area contributed by atoms with Gasteiger partial charge < -0.3 is 5.32 Å². The summed E-state index contributed by atoms with van der Waals surface area (Å²) in [6, 6.07) is 10.5. The second kappa shape index (κ2) is 7.22. The average Bonchev–Trinajstić information content (AvgIpc) is 3.12. The molecule has 140 valence electrons. The molecule has 0 aliphatic carbocycles. The van der Waals surface area contributed by atoms with E-state index in [9.17, 15) is 18.0 Å². The van der Waals surface area contributed by atoms with Crippen LogP contribution in [0.2, 0.25) is 0 Å². The molecule has 0 radical (unpaired) electrons. The number of alkyl halides is 3. The van der Waals surface area contributed by atoms with Gasteiger partial charge in [0.05, 0.1) is 17.4 Å². The van der Waals surface area contributed by atoms with Crippen LogP contribution in [0.1, 0.15) is 32.7 Å². The van der Waals surface area contributed by atoms with Crippen LogP contribution in [-0.2, 0) is 12.7 Å². The van der Waals surface area contributed by atoms with Gasteiger partial charge in [0, 0.05) is 6.54 Å². The Morgan fingerprint density at radius 2 is 1.89 bits per heavy atom. The fourth-order valence-corrected chi connectivity index (χ4v) is 2.49. The third-order valence-electron chi connectivity index (χ3n) is 4.19. The van der Waals surface area contributed by atoms with Crippen molar-refractivity contribution >= 4 is 5.91 Å². The van der Waals surface area contributed by atoms with E-state index in [0.717, 1.165) is 28.9 Å². The lowest BCUT2D eigenvalue weighted by molar-refractivity contribution is -0.137. The summed E-state index contributed by atoms with van der Waals surface area (Å²) in [6.07, 6.45) is -2.94. The van der Waals surface area contributed by atoms with Crippen LogP contribution in [-0.4, -0.2) is 20.9 Å². The number of hydrogen-bond acceptors (Lipinski definition) is 3. The molecule has 3 rings (SSSR count). The fraction of sp³-hybridized carbons (Fsp3) is 0.211. The van der Waals surface area contributed by atoms with Gasteiger partial charge in [0.25, 0.3) is 5.91 Å². The van der Waals surface area contributed by atoms with Gasteiger partial charge in [-0.1, -0.05) is 23.4 Å². The Morgan fingerprint density at radius 3 is 2.59 bits per heavy atom. The Labute approximate surface area is 153 Å². The first-order chi connectivity index (χ1) is 12.7. The zero-order chi connectivity index (χ0) is 19.6. The smallest absolute Gasteiger partial charge is 0.347 e. The van der Waals surface area contributed by atoms with Crippen molar-refractivity contribution < 1.29 is 18.0 Å². The molecule has 27 heavy (non-hydrogen) atoms. The first-order valence-corrected chi connectivity index (χ1v) is 8.18. The maximum Gasteiger partial charge on any atom is 0.416 e. The summed E-state index contributed by atoms with van der Waals surface area (Å²) in [6.45, 7) is 3.92. The number of halogens is 3. The predicted octanol–water partition coefficient (Wildman–Crippen LogP) is 3.83. The normalized spacial score (nSPS) is 11.4. The number of nitrogens with zero attached hydrogens (tertiary/aromatic N) is 3. The Hall–Kier alpha value is -3.16. The number of rotatable bonds is 4. The van der Waals surface area contributed by atoms with E-state index in [4.69, 9.17) is 0 Å². The van der Waals surface area contributed by atoms with Gasteiger partial charge in [-0.2, -0.15) is 13.2 Å². The number of aromatic nitrogens is 3. The van der Waals surface area contributed by atoms with Gasteiger partial charge in [-0.3, -0.25) is 4.79 Å². The molecular weight excluding hydrogens is 357 g/mol. The number of carbonyl (C=O) groups is 1. The van der Waals surface area contributed by atoms with Crippen LogP contribution in [0.3, 0.4) is 0 Å². The van der Waals surface area contributed by atoms with Crippen LogP contribution in [0.25, 0.3) is 5.69 Å². The van der Waals surface area contributed by atoms with Crippen molar-refractivity contribution in [1.29, 1.82) is 0 Å². The summed E-state index contributed by atoms with van der Waals surface area (Å²) >= 11 is 0. The minimum absolute atomic E-state index is 0.0424. The molecule has 0 bridgehead atoms. The lowest BCUT2D eigenvalue weighted by atomic mass is 10.1. The highest BCUT2D eigenvalue weighted by Gasteiger charge is 2.30. The lowest BCUT2D eigenvalue weighted by Gasteiger charge is -2.09. The Morgan fingerprint density at radius 1 is 1.11 bits per heavy atom. The van der Waals surface area contributed by atoms with E-state index in [2.05, 4.69) is 15.6 Å². The van der Waals surface area contributed by atoms with E-state index in [0.29, 0.717) is 5.56 Å². The van der Waals surface area contributed by atoms with Crippen LogP contribution in [0, 0.1) is 13.8 Å². The van der Waals surface area contributed by atoms with Crippen LogP contribution < -0.4 is 5.32 Å². The monoisotopic (exact) mass is 374 g/mol. The molecule has 1 amide bonds. The zero-order valence-electron chi connectivity index (χ0n) is 14.7. The SMILES string of the molecule is Cc1ccc(-n2cc(C(=O)NCc3cccc(C(F)(F)F)c3)nn2)cc1C.